The summed E-state index contributed by atoms with van der Waals surface area (Å²) in [5, 5.41) is 0. The summed E-state index contributed by atoms with van der Waals surface area (Å²) in [6, 6.07) is 0. The molecule has 0 N–H and O–H groups in total. The minimum atomic E-state index is -0.345. The molecule has 0 aliphatic rings. The largest absolute Gasteiger partial charge is 0.393 e. The zero-order chi connectivity index (χ0) is 25.7. The number of rotatable bonds is 26. The lowest BCUT2D eigenvalue weighted by atomic mass is 10.1. The van der Waals surface area contributed by atoms with E-state index >= 15 is 0 Å². The average molecular weight is 491 g/mol. The van der Waals surface area contributed by atoms with Crippen LogP contribution in [0.1, 0.15) is 168 Å². The predicted molar refractivity (Wildman–Crippen MR) is 152 cm³/mol. The number of hydrogen-bond acceptors (Lipinski definition) is 3. The molecule has 0 saturated carbocycles. The quantitative estimate of drug-likeness (QED) is 0.0524. The van der Waals surface area contributed by atoms with E-state index in [2.05, 4.69) is 38.2 Å². The first kappa shape index (κ1) is 33.6. The highest BCUT2D eigenvalue weighted by Gasteiger charge is 2.09. The van der Waals surface area contributed by atoms with Gasteiger partial charge in [0.05, 0.1) is 0 Å². The molecule has 0 aliphatic heterocycles. The van der Waals surface area contributed by atoms with Crippen molar-refractivity contribution < 1.29 is 14.3 Å². The van der Waals surface area contributed by atoms with Crippen LogP contribution in [0.25, 0.3) is 0 Å². The van der Waals surface area contributed by atoms with E-state index in [0.717, 1.165) is 38.5 Å². The molecule has 0 unspecified atom stereocenters. The van der Waals surface area contributed by atoms with Gasteiger partial charge in [0.2, 0.25) is 0 Å². The van der Waals surface area contributed by atoms with Crippen molar-refractivity contribution >= 4 is 11.9 Å². The normalized spacial score (nSPS) is 11.6. The molecule has 3 nitrogen and oxygen atoms in total. The molecule has 0 saturated heterocycles. The van der Waals surface area contributed by atoms with E-state index in [-0.39, 0.29) is 11.9 Å². The van der Waals surface area contributed by atoms with Gasteiger partial charge in [-0.1, -0.05) is 115 Å². The minimum absolute atomic E-state index is 0.345. The molecule has 0 aromatic heterocycles. The fourth-order valence-corrected chi connectivity index (χ4v) is 4.20. The highest BCUT2D eigenvalue weighted by Crippen LogP contribution is 2.11. The summed E-state index contributed by atoms with van der Waals surface area (Å²) in [6.45, 7) is 4.50. The Morgan fingerprint density at radius 1 is 0.429 bits per heavy atom. The van der Waals surface area contributed by atoms with Crippen LogP contribution in [0.15, 0.2) is 24.3 Å². The Morgan fingerprint density at radius 2 is 0.714 bits per heavy atom. The standard InChI is InChI=1S/C32H58O3/c1-3-5-7-9-11-13-15-17-19-21-23-25-27-29-31(33)35-32(34)30-28-26-24-22-20-18-16-14-12-10-8-6-4-2/h13-16H,3-12,17-30H2,1-2H3. The predicted octanol–water partition coefficient (Wildman–Crippen LogP) is 10.6. The van der Waals surface area contributed by atoms with Crippen LogP contribution >= 0.6 is 0 Å². The van der Waals surface area contributed by atoms with Gasteiger partial charge in [0, 0.05) is 12.8 Å². The molecule has 0 rings (SSSR count). The van der Waals surface area contributed by atoms with Gasteiger partial charge in [0.15, 0.2) is 0 Å². The number of esters is 2. The van der Waals surface area contributed by atoms with E-state index in [4.69, 9.17) is 4.74 Å². The molecule has 204 valence electrons. The molecule has 0 fully saturated rings. The number of hydrogen-bond donors (Lipinski definition) is 0. The topological polar surface area (TPSA) is 43.4 Å². The van der Waals surface area contributed by atoms with E-state index in [1.807, 2.05) is 0 Å². The first-order valence-corrected chi connectivity index (χ1v) is 15.2. The SMILES string of the molecule is CCCCCCC=CCCCCCCCC(=O)OC(=O)CCCCCCCC=CCCCCCC. The van der Waals surface area contributed by atoms with E-state index in [1.54, 1.807) is 0 Å². The second kappa shape index (κ2) is 28.9. The van der Waals surface area contributed by atoms with Crippen LogP contribution in [0.2, 0.25) is 0 Å². The Hall–Kier alpha value is -1.38. The molecule has 0 aliphatic carbocycles. The summed E-state index contributed by atoms with van der Waals surface area (Å²) in [7, 11) is 0. The van der Waals surface area contributed by atoms with Crippen LogP contribution in [0.3, 0.4) is 0 Å². The fourth-order valence-electron chi connectivity index (χ4n) is 4.20. The Kier molecular flexibility index (Phi) is 27.7. The smallest absolute Gasteiger partial charge is 0.313 e. The van der Waals surface area contributed by atoms with E-state index in [0.29, 0.717) is 12.8 Å². The van der Waals surface area contributed by atoms with Crippen molar-refractivity contribution in [1.29, 1.82) is 0 Å². The summed E-state index contributed by atoms with van der Waals surface area (Å²) in [5.74, 6) is -0.690. The van der Waals surface area contributed by atoms with Crippen LogP contribution in [-0.4, -0.2) is 11.9 Å². The molecule has 0 atom stereocenters. The number of allylic oxidation sites excluding steroid dienone is 4. The molecule has 3 heteroatoms. The number of carbonyl (C=O) groups excluding carboxylic acids is 2. The minimum Gasteiger partial charge on any atom is -0.393 e. The number of unbranched alkanes of at least 4 members (excludes halogenated alkanes) is 18. The molecule has 0 amide bonds. The lowest BCUT2D eigenvalue weighted by Crippen LogP contribution is -2.11. The highest BCUT2D eigenvalue weighted by molar-refractivity contribution is 5.85. The van der Waals surface area contributed by atoms with Gasteiger partial charge in [-0.15, -0.1) is 0 Å². The van der Waals surface area contributed by atoms with Crippen molar-refractivity contribution in [2.24, 2.45) is 0 Å². The van der Waals surface area contributed by atoms with Gasteiger partial charge in [-0.25, -0.2) is 0 Å². The summed E-state index contributed by atoms with van der Waals surface area (Å²) in [5.41, 5.74) is 0. The van der Waals surface area contributed by atoms with Crippen LogP contribution in [0, 0.1) is 0 Å². The van der Waals surface area contributed by atoms with Crippen molar-refractivity contribution in [2.75, 3.05) is 0 Å². The Balaban J connectivity index is 3.38. The molecular weight excluding hydrogens is 432 g/mol. The van der Waals surface area contributed by atoms with Crippen molar-refractivity contribution in [3.8, 4) is 0 Å². The van der Waals surface area contributed by atoms with Gasteiger partial charge in [0.1, 0.15) is 0 Å². The maximum atomic E-state index is 11.8. The van der Waals surface area contributed by atoms with Crippen LogP contribution in [-0.2, 0) is 14.3 Å². The summed E-state index contributed by atoms with van der Waals surface area (Å²) in [4.78, 5) is 23.7. The first-order valence-electron chi connectivity index (χ1n) is 15.2. The van der Waals surface area contributed by atoms with Crippen LogP contribution in [0.5, 0.6) is 0 Å². The van der Waals surface area contributed by atoms with Crippen LogP contribution in [0.4, 0.5) is 0 Å². The molecule has 0 spiro atoms. The highest BCUT2D eigenvalue weighted by atomic mass is 16.6. The van der Waals surface area contributed by atoms with E-state index in [9.17, 15) is 9.59 Å². The van der Waals surface area contributed by atoms with E-state index < -0.39 is 0 Å². The Labute approximate surface area is 218 Å². The first-order chi connectivity index (χ1) is 17.2. The van der Waals surface area contributed by atoms with Crippen LogP contribution < -0.4 is 0 Å². The summed E-state index contributed by atoms with van der Waals surface area (Å²) in [6.07, 6.45) is 36.4. The third-order valence-corrected chi connectivity index (χ3v) is 6.51. The zero-order valence-electron chi connectivity index (χ0n) is 23.5. The van der Waals surface area contributed by atoms with Crippen molar-refractivity contribution in [3.05, 3.63) is 24.3 Å². The van der Waals surface area contributed by atoms with Gasteiger partial charge in [-0.3, -0.25) is 9.59 Å². The van der Waals surface area contributed by atoms with Gasteiger partial charge in [-0.05, 0) is 64.2 Å². The second-order valence-corrected chi connectivity index (χ2v) is 10.1. The maximum Gasteiger partial charge on any atom is 0.313 e. The maximum absolute atomic E-state index is 11.8. The van der Waals surface area contributed by atoms with E-state index in [1.165, 1.54) is 103 Å². The Morgan fingerprint density at radius 3 is 1.06 bits per heavy atom. The second-order valence-electron chi connectivity index (χ2n) is 10.1. The molecule has 0 aromatic carbocycles. The van der Waals surface area contributed by atoms with Gasteiger partial charge in [0.25, 0.3) is 0 Å². The molecule has 0 aromatic rings. The number of ether oxygens (including phenoxy) is 1. The Bertz CT molecular complexity index is 475. The summed E-state index contributed by atoms with van der Waals surface area (Å²) >= 11 is 0. The third kappa shape index (κ3) is 28.7. The third-order valence-electron chi connectivity index (χ3n) is 6.51. The molecule has 0 radical (unpaired) electrons. The lowest BCUT2D eigenvalue weighted by molar-refractivity contribution is -0.159. The van der Waals surface area contributed by atoms with Crippen molar-refractivity contribution in [2.45, 2.75) is 168 Å². The van der Waals surface area contributed by atoms with Gasteiger partial charge < -0.3 is 4.74 Å². The summed E-state index contributed by atoms with van der Waals surface area (Å²) < 4.78 is 4.97. The number of carbonyl (C=O) groups is 2. The van der Waals surface area contributed by atoms with Gasteiger partial charge in [-0.2, -0.15) is 0 Å². The lowest BCUT2D eigenvalue weighted by Gasteiger charge is -2.04. The molecule has 0 heterocycles. The zero-order valence-corrected chi connectivity index (χ0v) is 23.5. The molecule has 0 bridgehead atoms. The fraction of sp³-hybridized carbons (Fsp3) is 0.812. The van der Waals surface area contributed by atoms with Gasteiger partial charge >= 0.3 is 11.9 Å². The molecule has 35 heavy (non-hydrogen) atoms. The van der Waals surface area contributed by atoms with Crippen molar-refractivity contribution in [3.63, 3.8) is 0 Å². The molecular formula is C32H58O3. The van der Waals surface area contributed by atoms with Crippen molar-refractivity contribution in [1.82, 2.24) is 0 Å². The average Bonchev–Trinajstić information content (AvgIpc) is 2.85. The monoisotopic (exact) mass is 490 g/mol.